The Hall–Kier alpha value is -0.190. The number of rotatable bonds is 2. The number of ketones is 1. The van der Waals surface area contributed by atoms with Crippen molar-refractivity contribution in [3.63, 3.8) is 0 Å². The van der Waals surface area contributed by atoms with Gasteiger partial charge in [0, 0.05) is 14.5 Å². The van der Waals surface area contributed by atoms with Crippen molar-refractivity contribution < 1.29 is 4.79 Å². The second-order valence-corrected chi connectivity index (χ2v) is 6.16. The first-order valence-corrected chi connectivity index (χ1v) is 7.41. The fourth-order valence-electron chi connectivity index (χ4n) is 2.10. The standard InChI is InChI=1S/C13H15Br2NO/c1-8-6-11(15)9(7-10(8)14)13(17)12-4-2-3-5-16-12/h6-7,12,16H,2-5H2,1H3. The molecule has 1 atom stereocenters. The molecule has 92 valence electrons. The van der Waals surface area contributed by atoms with Crippen molar-refractivity contribution in [1.82, 2.24) is 5.32 Å². The molecule has 1 aliphatic rings. The molecule has 17 heavy (non-hydrogen) atoms. The highest BCUT2D eigenvalue weighted by atomic mass is 79.9. The van der Waals surface area contributed by atoms with Crippen LogP contribution in [0, 0.1) is 6.92 Å². The fourth-order valence-corrected chi connectivity index (χ4v) is 3.10. The number of nitrogens with one attached hydrogen (secondary N) is 1. The van der Waals surface area contributed by atoms with E-state index in [1.165, 1.54) is 6.42 Å². The zero-order chi connectivity index (χ0) is 12.4. The van der Waals surface area contributed by atoms with Gasteiger partial charge in [0.2, 0.25) is 0 Å². The number of halogens is 2. The number of hydrogen-bond acceptors (Lipinski definition) is 2. The van der Waals surface area contributed by atoms with Crippen LogP contribution < -0.4 is 5.32 Å². The van der Waals surface area contributed by atoms with E-state index in [2.05, 4.69) is 37.2 Å². The lowest BCUT2D eigenvalue weighted by Crippen LogP contribution is -2.40. The van der Waals surface area contributed by atoms with Crippen LogP contribution in [0.4, 0.5) is 0 Å². The molecule has 2 rings (SSSR count). The minimum atomic E-state index is -0.0188. The summed E-state index contributed by atoms with van der Waals surface area (Å²) in [6, 6.07) is 3.88. The first-order chi connectivity index (χ1) is 8.09. The maximum absolute atomic E-state index is 12.4. The van der Waals surface area contributed by atoms with Gasteiger partial charge in [0.15, 0.2) is 5.78 Å². The molecular weight excluding hydrogens is 346 g/mol. The van der Waals surface area contributed by atoms with Crippen LogP contribution in [0.3, 0.4) is 0 Å². The molecule has 0 aliphatic carbocycles. The highest BCUT2D eigenvalue weighted by molar-refractivity contribution is 9.11. The Morgan fingerprint density at radius 1 is 1.29 bits per heavy atom. The van der Waals surface area contributed by atoms with E-state index in [4.69, 9.17) is 0 Å². The first-order valence-electron chi connectivity index (χ1n) is 5.83. The average Bonchev–Trinajstić information content (AvgIpc) is 2.34. The van der Waals surface area contributed by atoms with E-state index in [9.17, 15) is 4.79 Å². The van der Waals surface area contributed by atoms with E-state index in [1.807, 2.05) is 19.1 Å². The predicted molar refractivity (Wildman–Crippen MR) is 76.6 cm³/mol. The van der Waals surface area contributed by atoms with Crippen LogP contribution in [-0.2, 0) is 0 Å². The molecule has 0 radical (unpaired) electrons. The number of hydrogen-bond donors (Lipinski definition) is 1. The third kappa shape index (κ3) is 2.98. The molecule has 1 unspecified atom stereocenters. The van der Waals surface area contributed by atoms with Crippen LogP contribution in [0.1, 0.15) is 35.2 Å². The fraction of sp³-hybridized carbons (Fsp3) is 0.462. The van der Waals surface area contributed by atoms with Crippen molar-refractivity contribution >= 4 is 37.6 Å². The summed E-state index contributed by atoms with van der Waals surface area (Å²) in [5, 5.41) is 3.29. The first kappa shape index (κ1) is 13.2. The topological polar surface area (TPSA) is 29.1 Å². The van der Waals surface area contributed by atoms with Crippen LogP contribution >= 0.6 is 31.9 Å². The van der Waals surface area contributed by atoms with Gasteiger partial charge >= 0.3 is 0 Å². The lowest BCUT2D eigenvalue weighted by Gasteiger charge is -2.22. The summed E-state index contributed by atoms with van der Waals surface area (Å²) in [5.74, 6) is 0.192. The quantitative estimate of drug-likeness (QED) is 0.811. The molecule has 4 heteroatoms. The summed E-state index contributed by atoms with van der Waals surface area (Å²) in [4.78, 5) is 12.4. The maximum atomic E-state index is 12.4. The molecule has 0 spiro atoms. The van der Waals surface area contributed by atoms with Crippen LogP contribution in [0.15, 0.2) is 21.1 Å². The average molecular weight is 361 g/mol. The zero-order valence-electron chi connectivity index (χ0n) is 9.72. The van der Waals surface area contributed by atoms with Gasteiger partial charge in [-0.15, -0.1) is 0 Å². The van der Waals surface area contributed by atoms with E-state index in [0.717, 1.165) is 39.5 Å². The molecule has 1 aromatic rings. The van der Waals surface area contributed by atoms with Gasteiger partial charge in [-0.25, -0.2) is 0 Å². The van der Waals surface area contributed by atoms with E-state index < -0.39 is 0 Å². The smallest absolute Gasteiger partial charge is 0.180 e. The monoisotopic (exact) mass is 359 g/mol. The minimum absolute atomic E-state index is 0.0188. The third-order valence-electron chi connectivity index (χ3n) is 3.14. The molecule has 0 amide bonds. The molecule has 0 aromatic heterocycles. The lowest BCUT2D eigenvalue weighted by molar-refractivity contribution is 0.0926. The SMILES string of the molecule is Cc1cc(Br)c(C(=O)C2CCCCN2)cc1Br. The Morgan fingerprint density at radius 2 is 2.06 bits per heavy atom. The van der Waals surface area contributed by atoms with Gasteiger partial charge in [0.25, 0.3) is 0 Å². The second-order valence-electron chi connectivity index (χ2n) is 4.45. The summed E-state index contributed by atoms with van der Waals surface area (Å²) < 4.78 is 1.87. The minimum Gasteiger partial charge on any atom is -0.307 e. The third-order valence-corrected chi connectivity index (χ3v) is 4.65. The number of Topliss-reactive ketones (excluding diaryl/α,β-unsaturated/α-hetero) is 1. The Balaban J connectivity index is 2.26. The molecule has 0 bridgehead atoms. The van der Waals surface area contributed by atoms with Crippen LogP contribution in [0.25, 0.3) is 0 Å². The number of piperidine rings is 1. The van der Waals surface area contributed by atoms with E-state index >= 15 is 0 Å². The van der Waals surface area contributed by atoms with Crippen molar-refractivity contribution in [2.45, 2.75) is 32.2 Å². The van der Waals surface area contributed by atoms with Gasteiger partial charge in [-0.2, -0.15) is 0 Å². The number of carbonyl (C=O) groups is 1. The molecule has 1 saturated heterocycles. The van der Waals surface area contributed by atoms with Gasteiger partial charge in [0.05, 0.1) is 6.04 Å². The molecule has 1 heterocycles. The summed E-state index contributed by atoms with van der Waals surface area (Å²) in [6.07, 6.45) is 3.24. The van der Waals surface area contributed by atoms with Gasteiger partial charge < -0.3 is 5.32 Å². The Bertz CT molecular complexity index is 439. The normalized spacial score (nSPS) is 20.3. The molecule has 1 N–H and O–H groups in total. The second kappa shape index (κ2) is 5.63. The van der Waals surface area contributed by atoms with Gasteiger partial charge in [-0.3, -0.25) is 4.79 Å². The van der Waals surface area contributed by atoms with E-state index in [-0.39, 0.29) is 11.8 Å². The predicted octanol–water partition coefficient (Wildman–Crippen LogP) is 3.84. The van der Waals surface area contributed by atoms with E-state index in [0.29, 0.717) is 0 Å². The molecular formula is C13H15Br2NO. The Labute approximate surface area is 118 Å². The zero-order valence-corrected chi connectivity index (χ0v) is 12.9. The maximum Gasteiger partial charge on any atom is 0.180 e. The van der Waals surface area contributed by atoms with Crippen LogP contribution in [-0.4, -0.2) is 18.4 Å². The highest BCUT2D eigenvalue weighted by Crippen LogP contribution is 2.27. The molecule has 2 nitrogen and oxygen atoms in total. The summed E-state index contributed by atoms with van der Waals surface area (Å²) in [7, 11) is 0. The van der Waals surface area contributed by atoms with Gasteiger partial charge in [-0.1, -0.05) is 38.3 Å². The van der Waals surface area contributed by atoms with Crippen molar-refractivity contribution in [1.29, 1.82) is 0 Å². The molecule has 1 aromatic carbocycles. The molecule has 1 fully saturated rings. The van der Waals surface area contributed by atoms with Gasteiger partial charge in [-0.05, 0) is 44.0 Å². The Kier molecular flexibility index (Phi) is 4.39. The summed E-state index contributed by atoms with van der Waals surface area (Å²) in [6.45, 7) is 2.96. The number of carbonyl (C=O) groups excluding carboxylic acids is 1. The Morgan fingerprint density at radius 3 is 2.71 bits per heavy atom. The largest absolute Gasteiger partial charge is 0.307 e. The van der Waals surface area contributed by atoms with Crippen molar-refractivity contribution in [3.8, 4) is 0 Å². The van der Waals surface area contributed by atoms with Crippen molar-refractivity contribution in [2.24, 2.45) is 0 Å². The molecule has 1 aliphatic heterocycles. The summed E-state index contributed by atoms with van der Waals surface area (Å²) >= 11 is 6.96. The van der Waals surface area contributed by atoms with Gasteiger partial charge in [0.1, 0.15) is 0 Å². The highest BCUT2D eigenvalue weighted by Gasteiger charge is 2.23. The van der Waals surface area contributed by atoms with Crippen LogP contribution in [0.5, 0.6) is 0 Å². The van der Waals surface area contributed by atoms with E-state index in [1.54, 1.807) is 0 Å². The number of benzene rings is 1. The van der Waals surface area contributed by atoms with Crippen molar-refractivity contribution in [2.75, 3.05) is 6.54 Å². The summed E-state index contributed by atoms with van der Waals surface area (Å²) in [5.41, 5.74) is 1.90. The van der Waals surface area contributed by atoms with Crippen molar-refractivity contribution in [3.05, 3.63) is 32.2 Å². The molecule has 0 saturated carbocycles. The lowest BCUT2D eigenvalue weighted by atomic mass is 9.96. The number of aryl methyl sites for hydroxylation is 1. The van der Waals surface area contributed by atoms with Crippen LogP contribution in [0.2, 0.25) is 0 Å².